The zero-order valence-electron chi connectivity index (χ0n) is 14.5. The molecule has 0 aliphatic rings. The first-order valence-corrected chi connectivity index (χ1v) is 8.26. The maximum Gasteiger partial charge on any atom is 0.257 e. The molecular formula is C20H17F2N3O2. The molecule has 5 nitrogen and oxygen atoms in total. The molecule has 0 unspecified atom stereocenters. The molecule has 2 N–H and O–H groups in total. The molecule has 0 fully saturated rings. The largest absolute Gasteiger partial charge is 0.494 e. The highest BCUT2D eigenvalue weighted by molar-refractivity contribution is 6.04. The van der Waals surface area contributed by atoms with Crippen LogP contribution >= 0.6 is 0 Å². The Kier molecular flexibility index (Phi) is 5.61. The van der Waals surface area contributed by atoms with E-state index < -0.39 is 11.6 Å². The minimum Gasteiger partial charge on any atom is -0.494 e. The quantitative estimate of drug-likeness (QED) is 0.658. The number of aromatic nitrogens is 1. The van der Waals surface area contributed by atoms with Gasteiger partial charge in [0.05, 0.1) is 29.7 Å². The highest BCUT2D eigenvalue weighted by Gasteiger charge is 2.10. The highest BCUT2D eigenvalue weighted by atomic mass is 19.1. The molecule has 0 atom stereocenters. The van der Waals surface area contributed by atoms with Gasteiger partial charge in [-0.2, -0.15) is 0 Å². The monoisotopic (exact) mass is 369 g/mol. The molecule has 7 heteroatoms. The molecule has 0 saturated heterocycles. The number of rotatable bonds is 6. The van der Waals surface area contributed by atoms with Gasteiger partial charge in [-0.15, -0.1) is 0 Å². The molecule has 0 aliphatic carbocycles. The van der Waals surface area contributed by atoms with Gasteiger partial charge in [-0.3, -0.25) is 9.78 Å². The fourth-order valence-electron chi connectivity index (χ4n) is 2.38. The Morgan fingerprint density at radius 3 is 2.52 bits per heavy atom. The minimum atomic E-state index is -0.737. The van der Waals surface area contributed by atoms with Crippen LogP contribution in [0.4, 0.5) is 25.8 Å². The zero-order chi connectivity index (χ0) is 19.2. The van der Waals surface area contributed by atoms with Gasteiger partial charge in [-0.25, -0.2) is 8.78 Å². The van der Waals surface area contributed by atoms with Gasteiger partial charge in [0.2, 0.25) is 0 Å². The lowest BCUT2D eigenvalue weighted by molar-refractivity contribution is 0.102. The zero-order valence-corrected chi connectivity index (χ0v) is 14.5. The van der Waals surface area contributed by atoms with Crippen LogP contribution in [0.1, 0.15) is 17.3 Å². The van der Waals surface area contributed by atoms with Crippen LogP contribution < -0.4 is 15.4 Å². The number of hydrogen-bond acceptors (Lipinski definition) is 4. The molecule has 0 spiro atoms. The van der Waals surface area contributed by atoms with Crippen LogP contribution in [0.15, 0.2) is 60.9 Å². The summed E-state index contributed by atoms with van der Waals surface area (Å²) in [5.41, 5.74) is 1.38. The first-order chi connectivity index (χ1) is 13.0. The highest BCUT2D eigenvalue weighted by Crippen LogP contribution is 2.21. The predicted octanol–water partition coefficient (Wildman–Crippen LogP) is 4.75. The number of hydrogen-bond donors (Lipinski definition) is 2. The number of carbonyl (C=O) groups excluding carboxylic acids is 1. The number of nitrogens with one attached hydrogen (secondary N) is 2. The van der Waals surface area contributed by atoms with Crippen molar-refractivity contribution in [1.82, 2.24) is 4.98 Å². The van der Waals surface area contributed by atoms with Crippen molar-refractivity contribution < 1.29 is 18.3 Å². The molecule has 0 bridgehead atoms. The fraction of sp³-hybridized carbons (Fsp3) is 0.100. The van der Waals surface area contributed by atoms with Crippen molar-refractivity contribution in [3.05, 3.63) is 78.1 Å². The summed E-state index contributed by atoms with van der Waals surface area (Å²) in [6.07, 6.45) is 2.84. The summed E-state index contributed by atoms with van der Waals surface area (Å²) in [6.45, 7) is 2.45. The van der Waals surface area contributed by atoms with Crippen molar-refractivity contribution in [2.45, 2.75) is 6.92 Å². The van der Waals surface area contributed by atoms with Crippen LogP contribution in [-0.2, 0) is 0 Å². The third-order valence-electron chi connectivity index (χ3n) is 3.63. The molecule has 1 heterocycles. The first-order valence-electron chi connectivity index (χ1n) is 8.26. The average Bonchev–Trinajstić information content (AvgIpc) is 2.66. The number of benzene rings is 2. The molecule has 138 valence electrons. The lowest BCUT2D eigenvalue weighted by atomic mass is 10.2. The van der Waals surface area contributed by atoms with Crippen molar-refractivity contribution >= 4 is 23.0 Å². The maximum atomic E-state index is 13.8. The summed E-state index contributed by atoms with van der Waals surface area (Å²) in [4.78, 5) is 16.4. The van der Waals surface area contributed by atoms with Crippen LogP contribution in [0.25, 0.3) is 0 Å². The van der Waals surface area contributed by atoms with Crippen molar-refractivity contribution in [2.24, 2.45) is 0 Å². The van der Waals surface area contributed by atoms with E-state index in [0.29, 0.717) is 23.7 Å². The summed E-state index contributed by atoms with van der Waals surface area (Å²) in [5, 5.41) is 5.53. The molecular weight excluding hydrogens is 352 g/mol. The molecule has 1 aromatic heterocycles. The van der Waals surface area contributed by atoms with E-state index in [1.807, 2.05) is 6.92 Å². The number of amides is 1. The van der Waals surface area contributed by atoms with Crippen LogP contribution in [-0.4, -0.2) is 17.5 Å². The van der Waals surface area contributed by atoms with Gasteiger partial charge in [-0.05, 0) is 49.4 Å². The first kappa shape index (κ1) is 18.3. The van der Waals surface area contributed by atoms with Gasteiger partial charge in [-0.1, -0.05) is 0 Å². The smallest absolute Gasteiger partial charge is 0.257 e. The summed E-state index contributed by atoms with van der Waals surface area (Å²) >= 11 is 0. The molecule has 3 rings (SSSR count). The molecule has 0 aliphatic heterocycles. The van der Waals surface area contributed by atoms with Gasteiger partial charge in [0.1, 0.15) is 17.4 Å². The molecule has 0 saturated carbocycles. The summed E-state index contributed by atoms with van der Waals surface area (Å²) in [7, 11) is 0. The van der Waals surface area contributed by atoms with E-state index in [9.17, 15) is 13.6 Å². The van der Waals surface area contributed by atoms with Crippen molar-refractivity contribution in [1.29, 1.82) is 0 Å². The van der Waals surface area contributed by atoms with E-state index in [0.717, 1.165) is 12.1 Å². The Bertz CT molecular complexity index is 946. The average molecular weight is 369 g/mol. The number of halogens is 2. The van der Waals surface area contributed by atoms with Crippen molar-refractivity contribution in [3.8, 4) is 5.75 Å². The number of ether oxygens (including phenoxy) is 1. The summed E-state index contributed by atoms with van der Waals surface area (Å²) < 4.78 is 32.1. The van der Waals surface area contributed by atoms with Gasteiger partial charge < -0.3 is 15.4 Å². The Labute approximate surface area is 155 Å². The number of pyridine rings is 1. The van der Waals surface area contributed by atoms with Gasteiger partial charge >= 0.3 is 0 Å². The predicted molar refractivity (Wildman–Crippen MR) is 99.4 cm³/mol. The Morgan fingerprint density at radius 1 is 1.04 bits per heavy atom. The maximum absolute atomic E-state index is 13.8. The second-order valence-corrected chi connectivity index (χ2v) is 5.62. The van der Waals surface area contributed by atoms with E-state index in [-0.39, 0.29) is 17.2 Å². The lowest BCUT2D eigenvalue weighted by Gasteiger charge is -2.10. The Hall–Kier alpha value is -3.48. The minimum absolute atomic E-state index is 0.0854. The number of nitrogens with zero attached hydrogens (tertiary/aromatic N) is 1. The molecule has 0 radical (unpaired) electrons. The van der Waals surface area contributed by atoms with Gasteiger partial charge in [0.25, 0.3) is 5.91 Å². The normalized spacial score (nSPS) is 10.3. The standard InChI is InChI=1S/C20H17F2N3O2/c1-2-27-17-6-4-15(5-7-17)25-20(26)13-9-16(12-23-11-13)24-19-8-3-14(21)10-18(19)22/h3-12,24H,2H2,1H3,(H,25,26). The second-order valence-electron chi connectivity index (χ2n) is 5.62. The van der Waals surface area contributed by atoms with Crippen LogP contribution in [0.5, 0.6) is 5.75 Å². The van der Waals surface area contributed by atoms with E-state index >= 15 is 0 Å². The lowest BCUT2D eigenvalue weighted by Crippen LogP contribution is -2.12. The van der Waals surface area contributed by atoms with E-state index in [4.69, 9.17) is 4.74 Å². The molecule has 2 aromatic carbocycles. The molecule has 27 heavy (non-hydrogen) atoms. The number of anilines is 3. The van der Waals surface area contributed by atoms with E-state index in [1.165, 1.54) is 24.5 Å². The topological polar surface area (TPSA) is 63.2 Å². The summed E-state index contributed by atoms with van der Waals surface area (Å²) in [5.74, 6) is -1.06. The molecule has 3 aromatic rings. The summed E-state index contributed by atoms with van der Waals surface area (Å²) in [6, 6.07) is 11.7. The fourth-order valence-corrected chi connectivity index (χ4v) is 2.38. The third-order valence-corrected chi connectivity index (χ3v) is 3.63. The van der Waals surface area contributed by atoms with Gasteiger partial charge in [0, 0.05) is 18.0 Å². The Morgan fingerprint density at radius 2 is 1.81 bits per heavy atom. The van der Waals surface area contributed by atoms with Crippen LogP contribution in [0, 0.1) is 11.6 Å². The second kappa shape index (κ2) is 8.27. The number of carbonyl (C=O) groups is 1. The Balaban J connectivity index is 1.71. The SMILES string of the molecule is CCOc1ccc(NC(=O)c2cncc(Nc3ccc(F)cc3F)c2)cc1. The third kappa shape index (κ3) is 4.78. The van der Waals surface area contributed by atoms with Crippen LogP contribution in [0.3, 0.4) is 0 Å². The van der Waals surface area contributed by atoms with Crippen molar-refractivity contribution in [2.75, 3.05) is 17.2 Å². The van der Waals surface area contributed by atoms with Crippen molar-refractivity contribution in [3.63, 3.8) is 0 Å². The van der Waals surface area contributed by atoms with E-state index in [2.05, 4.69) is 15.6 Å². The van der Waals surface area contributed by atoms with Crippen LogP contribution in [0.2, 0.25) is 0 Å². The molecule has 1 amide bonds. The van der Waals surface area contributed by atoms with E-state index in [1.54, 1.807) is 24.3 Å². The van der Waals surface area contributed by atoms with Gasteiger partial charge in [0.15, 0.2) is 0 Å².